The number of nitrogens with zero attached hydrogens (tertiary/aromatic N) is 2. The maximum absolute atomic E-state index is 5.67. The van der Waals surface area contributed by atoms with E-state index in [1.54, 1.807) is 0 Å². The Bertz CT molecular complexity index is 532. The fourth-order valence-corrected chi connectivity index (χ4v) is 4.43. The predicted octanol–water partition coefficient (Wildman–Crippen LogP) is 3.04. The van der Waals surface area contributed by atoms with Gasteiger partial charge in [0, 0.05) is 26.5 Å². The monoisotopic (exact) mass is 317 g/mol. The summed E-state index contributed by atoms with van der Waals surface area (Å²) < 4.78 is 0. The topological polar surface area (TPSA) is 18.5 Å². The fourth-order valence-electron chi connectivity index (χ4n) is 4.08. The minimum Gasteiger partial charge on any atom is -0.355 e. The highest BCUT2D eigenvalue weighted by Crippen LogP contribution is 2.47. The first-order valence-electron chi connectivity index (χ1n) is 8.67. The molecule has 3 nitrogen and oxygen atoms in total. The molecule has 1 aromatic carbocycles. The van der Waals surface area contributed by atoms with Gasteiger partial charge in [-0.1, -0.05) is 36.8 Å². The zero-order chi connectivity index (χ0) is 14.9. The van der Waals surface area contributed by atoms with Gasteiger partial charge in [-0.25, -0.2) is 0 Å². The molecular formula is C18H27N3S. The van der Waals surface area contributed by atoms with Crippen LogP contribution in [0.25, 0.3) is 0 Å². The van der Waals surface area contributed by atoms with Crippen molar-refractivity contribution >= 4 is 17.3 Å². The molecule has 2 aliphatic heterocycles. The van der Waals surface area contributed by atoms with Gasteiger partial charge in [-0.15, -0.1) is 0 Å². The van der Waals surface area contributed by atoms with Gasteiger partial charge < -0.3 is 15.1 Å². The summed E-state index contributed by atoms with van der Waals surface area (Å²) in [6.07, 6.45) is 5.42. The van der Waals surface area contributed by atoms with E-state index in [1.165, 1.54) is 50.9 Å². The lowest BCUT2D eigenvalue weighted by molar-refractivity contribution is 0.200. The Hall–Kier alpha value is -1.13. The number of benzene rings is 1. The van der Waals surface area contributed by atoms with Crippen LogP contribution in [0.2, 0.25) is 0 Å². The van der Waals surface area contributed by atoms with Crippen LogP contribution in [-0.2, 0) is 0 Å². The molecule has 2 heterocycles. The van der Waals surface area contributed by atoms with Crippen molar-refractivity contribution in [2.45, 2.75) is 37.8 Å². The molecule has 4 rings (SSSR count). The maximum atomic E-state index is 5.67. The summed E-state index contributed by atoms with van der Waals surface area (Å²) in [6, 6.07) is 11.9. The molecule has 1 N–H and O–H groups in total. The third-order valence-electron chi connectivity index (χ3n) is 5.44. The second-order valence-electron chi connectivity index (χ2n) is 6.90. The van der Waals surface area contributed by atoms with Gasteiger partial charge >= 0.3 is 0 Å². The molecule has 2 saturated heterocycles. The van der Waals surface area contributed by atoms with Crippen LogP contribution in [0.3, 0.4) is 0 Å². The first-order valence-corrected chi connectivity index (χ1v) is 9.08. The Morgan fingerprint density at radius 1 is 1.09 bits per heavy atom. The van der Waals surface area contributed by atoms with Crippen molar-refractivity contribution < 1.29 is 1.43 Å². The Morgan fingerprint density at radius 3 is 2.64 bits per heavy atom. The molecule has 3 unspecified atom stereocenters. The van der Waals surface area contributed by atoms with Crippen molar-refractivity contribution in [2.24, 2.45) is 5.92 Å². The molecule has 0 spiro atoms. The van der Waals surface area contributed by atoms with Crippen molar-refractivity contribution in [3.05, 3.63) is 35.9 Å². The molecule has 120 valence electrons. The lowest BCUT2D eigenvalue weighted by Gasteiger charge is -2.37. The maximum Gasteiger partial charge on any atom is 0.169 e. The summed E-state index contributed by atoms with van der Waals surface area (Å²) in [6.45, 7) is 4.80. The van der Waals surface area contributed by atoms with E-state index in [-0.39, 0.29) is 1.43 Å². The van der Waals surface area contributed by atoms with Crippen LogP contribution >= 0.6 is 12.2 Å². The lowest BCUT2D eigenvalue weighted by Crippen LogP contribution is -2.51. The molecular weight excluding hydrogens is 290 g/mol. The summed E-state index contributed by atoms with van der Waals surface area (Å²) in [5.41, 5.74) is 1.38. The zero-order valence-corrected chi connectivity index (χ0v) is 13.9. The third kappa shape index (κ3) is 2.86. The predicted molar refractivity (Wildman–Crippen MR) is 95.9 cm³/mol. The minimum atomic E-state index is 0. The van der Waals surface area contributed by atoms with Crippen molar-refractivity contribution in [3.63, 3.8) is 0 Å². The van der Waals surface area contributed by atoms with E-state index >= 15 is 0 Å². The summed E-state index contributed by atoms with van der Waals surface area (Å²) >= 11 is 5.67. The number of nitrogens with one attached hydrogen (secondary N) is 1. The molecule has 4 heteroatoms. The van der Waals surface area contributed by atoms with Crippen molar-refractivity contribution in [2.75, 3.05) is 26.2 Å². The van der Waals surface area contributed by atoms with Crippen molar-refractivity contribution in [3.8, 4) is 0 Å². The molecule has 1 aliphatic carbocycles. The SMILES string of the molecule is S=C1NC(c2ccccc2)C2CC2N1CCN1CCCCC1.[HH]. The third-order valence-corrected chi connectivity index (χ3v) is 5.79. The van der Waals surface area contributed by atoms with Crippen molar-refractivity contribution in [1.29, 1.82) is 0 Å². The van der Waals surface area contributed by atoms with Gasteiger partial charge in [0.2, 0.25) is 0 Å². The van der Waals surface area contributed by atoms with Gasteiger partial charge in [-0.2, -0.15) is 0 Å². The summed E-state index contributed by atoms with van der Waals surface area (Å²) in [7, 11) is 0. The Kier molecular flexibility index (Phi) is 4.05. The van der Waals surface area contributed by atoms with E-state index < -0.39 is 0 Å². The van der Waals surface area contributed by atoms with Gasteiger partial charge in [0.1, 0.15) is 0 Å². The number of hydrogen-bond acceptors (Lipinski definition) is 2. The van der Waals surface area contributed by atoms with E-state index in [4.69, 9.17) is 12.2 Å². The number of likely N-dealkylation sites (tertiary alicyclic amines) is 1. The summed E-state index contributed by atoms with van der Waals surface area (Å²) in [5, 5.41) is 4.56. The van der Waals surface area contributed by atoms with Gasteiger partial charge in [0.15, 0.2) is 5.11 Å². The van der Waals surface area contributed by atoms with Crippen LogP contribution in [0.4, 0.5) is 0 Å². The molecule has 3 atom stereocenters. The Labute approximate surface area is 140 Å². The molecule has 3 fully saturated rings. The second kappa shape index (κ2) is 6.17. The highest BCUT2D eigenvalue weighted by Gasteiger charge is 2.51. The number of piperidine rings is 1. The molecule has 1 aromatic rings. The first-order chi connectivity index (χ1) is 10.8. The minimum absolute atomic E-state index is 0. The number of fused-ring (bicyclic) bond motifs is 1. The van der Waals surface area contributed by atoms with Crippen LogP contribution in [0, 0.1) is 5.92 Å². The summed E-state index contributed by atoms with van der Waals surface area (Å²) in [4.78, 5) is 5.06. The second-order valence-corrected chi connectivity index (χ2v) is 7.29. The number of thiocarbonyl (C=S) groups is 1. The highest BCUT2D eigenvalue weighted by atomic mass is 32.1. The number of rotatable bonds is 4. The van der Waals surface area contributed by atoms with Crippen LogP contribution in [0.5, 0.6) is 0 Å². The van der Waals surface area contributed by atoms with Crippen LogP contribution in [-0.4, -0.2) is 47.1 Å². The molecule has 0 amide bonds. The van der Waals surface area contributed by atoms with Crippen LogP contribution in [0.15, 0.2) is 30.3 Å². The molecule has 0 aromatic heterocycles. The Balaban J connectivity index is 0.00000156. The van der Waals surface area contributed by atoms with Gasteiger partial charge in [-0.05, 0) is 50.1 Å². The average molecular weight is 318 g/mol. The smallest absolute Gasteiger partial charge is 0.169 e. The number of hydrogen-bond donors (Lipinski definition) is 1. The van der Waals surface area contributed by atoms with Crippen molar-refractivity contribution in [1.82, 2.24) is 15.1 Å². The van der Waals surface area contributed by atoms with Crippen LogP contribution in [0.1, 0.15) is 38.7 Å². The zero-order valence-electron chi connectivity index (χ0n) is 13.1. The molecule has 3 aliphatic rings. The fraction of sp³-hybridized carbons (Fsp3) is 0.611. The van der Waals surface area contributed by atoms with E-state index in [0.717, 1.165) is 17.6 Å². The average Bonchev–Trinajstić information content (AvgIpc) is 3.35. The molecule has 22 heavy (non-hydrogen) atoms. The molecule has 0 radical (unpaired) electrons. The quantitative estimate of drug-likeness (QED) is 0.860. The van der Waals surface area contributed by atoms with E-state index in [1.807, 2.05) is 0 Å². The van der Waals surface area contributed by atoms with E-state index in [2.05, 4.69) is 45.4 Å². The lowest BCUT2D eigenvalue weighted by atomic mass is 10.0. The van der Waals surface area contributed by atoms with Crippen LogP contribution < -0.4 is 5.32 Å². The van der Waals surface area contributed by atoms with Gasteiger partial charge in [0.05, 0.1) is 6.04 Å². The van der Waals surface area contributed by atoms with E-state index in [0.29, 0.717) is 12.1 Å². The van der Waals surface area contributed by atoms with Gasteiger partial charge in [-0.3, -0.25) is 0 Å². The summed E-state index contributed by atoms with van der Waals surface area (Å²) in [5.74, 6) is 0.732. The first kappa shape index (κ1) is 14.5. The van der Waals surface area contributed by atoms with E-state index in [9.17, 15) is 0 Å². The standard InChI is InChI=1S/C18H25N3S.H2/c22-18-19-17(14-7-3-1-4-8-14)15-13-16(15)21(18)12-11-20-9-5-2-6-10-20;/h1,3-4,7-8,15-17H,2,5-6,9-13H2,(H,19,22);1H. The molecule has 0 bridgehead atoms. The Morgan fingerprint density at radius 2 is 1.86 bits per heavy atom. The molecule has 1 saturated carbocycles. The van der Waals surface area contributed by atoms with Gasteiger partial charge in [0.25, 0.3) is 0 Å². The highest BCUT2D eigenvalue weighted by molar-refractivity contribution is 7.80. The normalized spacial score (nSPS) is 31.5. The largest absolute Gasteiger partial charge is 0.355 e.